The highest BCUT2D eigenvalue weighted by Crippen LogP contribution is 2.22. The van der Waals surface area contributed by atoms with Gasteiger partial charge in [-0.1, -0.05) is 0 Å². The number of nitrogens with zero attached hydrogens (tertiary/aromatic N) is 3. The number of anilines is 1. The number of hydrogen-bond acceptors (Lipinski definition) is 3. The van der Waals surface area contributed by atoms with E-state index in [0.717, 1.165) is 10.3 Å². The number of rotatable bonds is 2. The molecule has 0 N–H and O–H groups in total. The third-order valence-electron chi connectivity index (χ3n) is 3.18. The van der Waals surface area contributed by atoms with E-state index in [0.29, 0.717) is 19.6 Å². The molecule has 0 aromatic carbocycles. The topological polar surface area (TPSA) is 19.4 Å². The lowest BCUT2D eigenvalue weighted by Crippen LogP contribution is -2.54. The van der Waals surface area contributed by atoms with Crippen LogP contribution in [-0.4, -0.2) is 48.3 Å². The molecule has 19 heavy (non-hydrogen) atoms. The SMILES string of the molecule is CC1CN(c2ccc(Br)cn2)CCN1CC(F)(F)F. The molecule has 1 aromatic rings. The van der Waals surface area contributed by atoms with Crippen LogP contribution in [0, 0.1) is 0 Å². The van der Waals surface area contributed by atoms with Gasteiger partial charge in [-0.05, 0) is 35.0 Å². The van der Waals surface area contributed by atoms with Crippen LogP contribution in [0.3, 0.4) is 0 Å². The van der Waals surface area contributed by atoms with E-state index in [1.807, 2.05) is 24.0 Å². The summed E-state index contributed by atoms with van der Waals surface area (Å²) >= 11 is 3.31. The first-order valence-corrected chi connectivity index (χ1v) is 6.82. The molecule has 0 bridgehead atoms. The average molecular weight is 338 g/mol. The zero-order chi connectivity index (χ0) is 14.0. The number of pyridine rings is 1. The zero-order valence-corrected chi connectivity index (χ0v) is 12.1. The predicted molar refractivity (Wildman–Crippen MR) is 71.2 cm³/mol. The van der Waals surface area contributed by atoms with E-state index in [4.69, 9.17) is 0 Å². The highest BCUT2D eigenvalue weighted by molar-refractivity contribution is 9.10. The van der Waals surface area contributed by atoms with Crippen molar-refractivity contribution in [3.05, 3.63) is 22.8 Å². The van der Waals surface area contributed by atoms with Gasteiger partial charge in [0.2, 0.25) is 0 Å². The second-order valence-electron chi connectivity index (χ2n) is 4.72. The third kappa shape index (κ3) is 4.07. The van der Waals surface area contributed by atoms with E-state index in [2.05, 4.69) is 20.9 Å². The Balaban J connectivity index is 1.98. The second kappa shape index (κ2) is 5.66. The molecule has 2 rings (SSSR count). The molecule has 0 saturated carbocycles. The second-order valence-corrected chi connectivity index (χ2v) is 5.63. The first-order chi connectivity index (χ1) is 8.85. The Hall–Kier alpha value is -0.820. The fraction of sp³-hybridized carbons (Fsp3) is 0.583. The molecule has 1 unspecified atom stereocenters. The third-order valence-corrected chi connectivity index (χ3v) is 3.65. The van der Waals surface area contributed by atoms with Gasteiger partial charge in [-0.3, -0.25) is 4.90 Å². The highest BCUT2D eigenvalue weighted by Gasteiger charge is 2.35. The van der Waals surface area contributed by atoms with Crippen molar-refractivity contribution in [3.63, 3.8) is 0 Å². The Morgan fingerprint density at radius 2 is 2.11 bits per heavy atom. The number of aromatic nitrogens is 1. The largest absolute Gasteiger partial charge is 0.401 e. The van der Waals surface area contributed by atoms with Gasteiger partial charge in [0.1, 0.15) is 5.82 Å². The summed E-state index contributed by atoms with van der Waals surface area (Å²) in [6.45, 7) is 2.50. The van der Waals surface area contributed by atoms with Crippen LogP contribution in [0.25, 0.3) is 0 Å². The summed E-state index contributed by atoms with van der Waals surface area (Å²) in [6, 6.07) is 3.62. The van der Waals surface area contributed by atoms with Gasteiger partial charge in [-0.2, -0.15) is 13.2 Å². The zero-order valence-electron chi connectivity index (χ0n) is 10.5. The molecule has 1 atom stereocenters. The van der Waals surface area contributed by atoms with Crippen molar-refractivity contribution in [3.8, 4) is 0 Å². The van der Waals surface area contributed by atoms with Gasteiger partial charge in [-0.25, -0.2) is 4.98 Å². The van der Waals surface area contributed by atoms with Gasteiger partial charge in [0.25, 0.3) is 0 Å². The van der Waals surface area contributed by atoms with E-state index in [1.54, 1.807) is 6.20 Å². The quantitative estimate of drug-likeness (QED) is 0.827. The van der Waals surface area contributed by atoms with E-state index < -0.39 is 12.7 Å². The molecular weight excluding hydrogens is 323 g/mol. The molecule has 106 valence electrons. The maximum atomic E-state index is 12.4. The highest BCUT2D eigenvalue weighted by atomic mass is 79.9. The molecule has 0 aliphatic carbocycles. The molecule has 0 spiro atoms. The number of halogens is 4. The summed E-state index contributed by atoms with van der Waals surface area (Å²) in [7, 11) is 0. The van der Waals surface area contributed by atoms with Gasteiger partial charge >= 0.3 is 6.18 Å². The molecule has 1 aliphatic heterocycles. The van der Waals surface area contributed by atoms with Crippen LogP contribution in [0.2, 0.25) is 0 Å². The van der Waals surface area contributed by atoms with E-state index in [9.17, 15) is 13.2 Å². The van der Waals surface area contributed by atoms with Gasteiger partial charge in [-0.15, -0.1) is 0 Å². The van der Waals surface area contributed by atoms with Crippen LogP contribution < -0.4 is 4.90 Å². The van der Waals surface area contributed by atoms with Gasteiger partial charge in [0.15, 0.2) is 0 Å². The minimum absolute atomic E-state index is 0.138. The summed E-state index contributed by atoms with van der Waals surface area (Å²) in [5.74, 6) is 0.807. The molecule has 7 heteroatoms. The van der Waals surface area contributed by atoms with E-state index in [1.165, 1.54) is 4.90 Å². The molecule has 0 radical (unpaired) electrons. The minimum atomic E-state index is -4.13. The lowest BCUT2D eigenvalue weighted by Gasteiger charge is -2.40. The van der Waals surface area contributed by atoms with Crippen LogP contribution in [0.15, 0.2) is 22.8 Å². The average Bonchev–Trinajstić information content (AvgIpc) is 2.31. The molecule has 0 amide bonds. The van der Waals surface area contributed by atoms with Crippen molar-refractivity contribution < 1.29 is 13.2 Å². The fourth-order valence-corrected chi connectivity index (χ4v) is 2.46. The Morgan fingerprint density at radius 3 is 2.63 bits per heavy atom. The summed E-state index contributed by atoms with van der Waals surface area (Å²) in [5.41, 5.74) is 0. The van der Waals surface area contributed by atoms with Crippen LogP contribution in [0.5, 0.6) is 0 Å². The van der Waals surface area contributed by atoms with Crippen LogP contribution in [-0.2, 0) is 0 Å². The van der Waals surface area contributed by atoms with Crippen molar-refractivity contribution in [1.82, 2.24) is 9.88 Å². The standard InChI is InChI=1S/C12H15BrF3N3/c1-9-7-18(11-3-2-10(13)6-17-11)4-5-19(9)8-12(14,15)16/h2-3,6,9H,4-5,7-8H2,1H3. The normalized spacial score (nSPS) is 21.7. The Labute approximate surface area is 118 Å². The molecule has 2 heterocycles. The fourth-order valence-electron chi connectivity index (χ4n) is 2.22. The maximum absolute atomic E-state index is 12.4. The van der Waals surface area contributed by atoms with Crippen LogP contribution in [0.4, 0.5) is 19.0 Å². The van der Waals surface area contributed by atoms with Crippen LogP contribution in [0.1, 0.15) is 6.92 Å². The van der Waals surface area contributed by atoms with E-state index in [-0.39, 0.29) is 6.04 Å². The van der Waals surface area contributed by atoms with Gasteiger partial charge < -0.3 is 4.90 Å². The van der Waals surface area contributed by atoms with Gasteiger partial charge in [0.05, 0.1) is 6.54 Å². The predicted octanol–water partition coefficient (Wildman–Crippen LogP) is 2.92. The lowest BCUT2D eigenvalue weighted by atomic mass is 10.2. The summed E-state index contributed by atoms with van der Waals surface area (Å²) in [6.07, 6.45) is -2.44. The molecule has 1 fully saturated rings. The molecular formula is C12H15BrF3N3. The van der Waals surface area contributed by atoms with Crippen molar-refractivity contribution >= 4 is 21.7 Å². The smallest absolute Gasteiger partial charge is 0.354 e. The summed E-state index contributed by atoms with van der Waals surface area (Å²) in [4.78, 5) is 7.76. The van der Waals surface area contributed by atoms with Crippen molar-refractivity contribution in [1.29, 1.82) is 0 Å². The Morgan fingerprint density at radius 1 is 1.37 bits per heavy atom. The Kier molecular flexibility index (Phi) is 4.35. The maximum Gasteiger partial charge on any atom is 0.401 e. The van der Waals surface area contributed by atoms with Crippen molar-refractivity contribution in [2.45, 2.75) is 19.1 Å². The molecule has 1 saturated heterocycles. The number of alkyl halides is 3. The first kappa shape index (κ1) is 14.6. The van der Waals surface area contributed by atoms with Gasteiger partial charge in [0, 0.05) is 36.3 Å². The lowest BCUT2D eigenvalue weighted by molar-refractivity contribution is -0.150. The van der Waals surface area contributed by atoms with Crippen LogP contribution >= 0.6 is 15.9 Å². The monoisotopic (exact) mass is 337 g/mol. The first-order valence-electron chi connectivity index (χ1n) is 6.02. The molecule has 1 aliphatic rings. The minimum Gasteiger partial charge on any atom is -0.354 e. The van der Waals surface area contributed by atoms with E-state index >= 15 is 0 Å². The number of piperazine rings is 1. The number of hydrogen-bond donors (Lipinski definition) is 0. The molecule has 3 nitrogen and oxygen atoms in total. The van der Waals surface area contributed by atoms with Crippen molar-refractivity contribution in [2.24, 2.45) is 0 Å². The Bertz CT molecular complexity index is 421. The summed E-state index contributed by atoms with van der Waals surface area (Å²) < 4.78 is 38.1. The molecule has 1 aromatic heterocycles. The summed E-state index contributed by atoms with van der Waals surface area (Å²) in [5, 5.41) is 0. The van der Waals surface area contributed by atoms with Crippen molar-refractivity contribution in [2.75, 3.05) is 31.1 Å².